The summed E-state index contributed by atoms with van der Waals surface area (Å²) in [5.41, 5.74) is -3.35. The van der Waals surface area contributed by atoms with Crippen molar-refractivity contribution < 1.29 is 35.5 Å². The molecule has 0 radical (unpaired) electrons. The third-order valence-corrected chi connectivity index (χ3v) is 5.78. The van der Waals surface area contributed by atoms with E-state index in [-0.39, 0.29) is 23.5 Å². The molecule has 182 valence electrons. The Morgan fingerprint density at radius 3 is 2.12 bits per heavy atom. The maximum Gasteiger partial charge on any atom is 0.416 e. The zero-order chi connectivity index (χ0) is 23.8. The summed E-state index contributed by atoms with van der Waals surface area (Å²) >= 11 is 5.71. The molecule has 1 aliphatic heterocycles. The van der Waals surface area contributed by atoms with E-state index >= 15 is 0 Å². The molecule has 0 bridgehead atoms. The number of hydrogen-bond donors (Lipinski definition) is 1. The van der Waals surface area contributed by atoms with Crippen molar-refractivity contribution in [2.45, 2.75) is 30.7 Å². The van der Waals surface area contributed by atoms with E-state index in [1.165, 1.54) is 19.2 Å². The number of hydrogen-bond acceptors (Lipinski definition) is 2. The van der Waals surface area contributed by atoms with Crippen molar-refractivity contribution in [1.29, 1.82) is 0 Å². The lowest BCUT2D eigenvalue weighted by Crippen LogP contribution is -2.49. The van der Waals surface area contributed by atoms with Gasteiger partial charge in [0.15, 0.2) is 0 Å². The van der Waals surface area contributed by atoms with Crippen molar-refractivity contribution in [3.63, 3.8) is 0 Å². The molecule has 2 aromatic rings. The Bertz CT molecular complexity index is 979. The quantitative estimate of drug-likeness (QED) is 0.494. The summed E-state index contributed by atoms with van der Waals surface area (Å²) in [6, 6.07) is 4.33. The predicted octanol–water partition coefficient (Wildman–Crippen LogP) is 6.16. The maximum absolute atomic E-state index is 14.0. The first-order valence-electron chi connectivity index (χ1n) is 9.51. The van der Waals surface area contributed by atoms with Crippen LogP contribution in [0.4, 0.5) is 30.7 Å². The van der Waals surface area contributed by atoms with Gasteiger partial charge in [0.25, 0.3) is 5.91 Å². The molecule has 12 heteroatoms. The summed E-state index contributed by atoms with van der Waals surface area (Å²) < 4.78 is 92.9. The SMILES string of the molecule is CN(C(=O)c1cc(C(F)(F)F)cc(C(F)(F)F)c1)C1CCNCC1c1ccc(Cl)c(F)c1.Cl. The van der Waals surface area contributed by atoms with Gasteiger partial charge < -0.3 is 10.2 Å². The van der Waals surface area contributed by atoms with E-state index in [1.54, 1.807) is 6.07 Å². The molecule has 0 aromatic heterocycles. The van der Waals surface area contributed by atoms with Gasteiger partial charge in [0.2, 0.25) is 0 Å². The Kier molecular flexibility index (Phi) is 8.30. The molecule has 0 saturated carbocycles. The van der Waals surface area contributed by atoms with Crippen molar-refractivity contribution in [2.75, 3.05) is 20.1 Å². The predicted molar refractivity (Wildman–Crippen MR) is 111 cm³/mol. The van der Waals surface area contributed by atoms with E-state index in [1.807, 2.05) is 0 Å². The topological polar surface area (TPSA) is 32.3 Å². The van der Waals surface area contributed by atoms with Gasteiger partial charge in [-0.05, 0) is 48.9 Å². The van der Waals surface area contributed by atoms with Gasteiger partial charge in [-0.15, -0.1) is 12.4 Å². The van der Waals surface area contributed by atoms with E-state index in [0.717, 1.165) is 4.90 Å². The normalized spacial score (nSPS) is 19.1. The third kappa shape index (κ3) is 6.10. The highest BCUT2D eigenvalue weighted by atomic mass is 35.5. The van der Waals surface area contributed by atoms with Crippen LogP contribution in [0.25, 0.3) is 0 Å². The smallest absolute Gasteiger partial charge is 0.338 e. The van der Waals surface area contributed by atoms with E-state index in [9.17, 15) is 35.5 Å². The first kappa shape index (κ1) is 27.2. The third-order valence-electron chi connectivity index (χ3n) is 5.47. The lowest BCUT2D eigenvalue weighted by Gasteiger charge is -2.39. The molecule has 0 aliphatic carbocycles. The number of halogens is 9. The molecule has 2 atom stereocenters. The molecule has 1 aliphatic rings. The molecule has 2 aromatic carbocycles. The second-order valence-corrected chi connectivity index (χ2v) is 7.96. The van der Waals surface area contributed by atoms with Crippen LogP contribution in [0.15, 0.2) is 36.4 Å². The first-order valence-corrected chi connectivity index (χ1v) is 9.89. The summed E-state index contributed by atoms with van der Waals surface area (Å²) in [4.78, 5) is 14.1. The summed E-state index contributed by atoms with van der Waals surface area (Å²) in [6.45, 7) is 0.797. The molecule has 0 spiro atoms. The van der Waals surface area contributed by atoms with Crippen molar-refractivity contribution in [1.82, 2.24) is 10.2 Å². The summed E-state index contributed by atoms with van der Waals surface area (Å²) in [6.07, 6.45) is -9.76. The second kappa shape index (κ2) is 10.1. The van der Waals surface area contributed by atoms with E-state index < -0.39 is 52.7 Å². The van der Waals surface area contributed by atoms with Crippen LogP contribution < -0.4 is 5.32 Å². The number of carbonyl (C=O) groups excluding carboxylic acids is 1. The van der Waals surface area contributed by atoms with Crippen molar-refractivity contribution in [3.8, 4) is 0 Å². The van der Waals surface area contributed by atoms with Gasteiger partial charge in [0, 0.05) is 31.1 Å². The van der Waals surface area contributed by atoms with Gasteiger partial charge >= 0.3 is 12.4 Å². The van der Waals surface area contributed by atoms with Crippen LogP contribution in [0, 0.1) is 5.82 Å². The minimum absolute atomic E-state index is 0. The Morgan fingerprint density at radius 2 is 1.61 bits per heavy atom. The van der Waals surface area contributed by atoms with Crippen LogP contribution in [0.5, 0.6) is 0 Å². The Morgan fingerprint density at radius 1 is 1.03 bits per heavy atom. The Hall–Kier alpha value is -2.04. The number of carbonyl (C=O) groups is 1. The average Bonchev–Trinajstić information content (AvgIpc) is 2.73. The zero-order valence-electron chi connectivity index (χ0n) is 17.0. The molecule has 1 saturated heterocycles. The molecule has 3 rings (SSSR count). The van der Waals surface area contributed by atoms with Crippen LogP contribution in [0.3, 0.4) is 0 Å². The number of alkyl halides is 6. The van der Waals surface area contributed by atoms with E-state index in [4.69, 9.17) is 11.6 Å². The number of piperidine rings is 1. The summed E-state index contributed by atoms with van der Waals surface area (Å²) in [5, 5.41) is 3.00. The van der Waals surface area contributed by atoms with Crippen LogP contribution >= 0.6 is 24.0 Å². The average molecular weight is 519 g/mol. The number of nitrogens with one attached hydrogen (secondary N) is 1. The molecule has 3 nitrogen and oxygen atoms in total. The summed E-state index contributed by atoms with van der Waals surface area (Å²) in [7, 11) is 1.31. The Balaban J connectivity index is 0.00000385. The lowest BCUT2D eigenvalue weighted by molar-refractivity contribution is -0.143. The highest BCUT2D eigenvalue weighted by Gasteiger charge is 2.39. The highest BCUT2D eigenvalue weighted by molar-refractivity contribution is 6.30. The zero-order valence-corrected chi connectivity index (χ0v) is 18.6. The van der Waals surface area contributed by atoms with Gasteiger partial charge in [-0.1, -0.05) is 17.7 Å². The van der Waals surface area contributed by atoms with Crippen molar-refractivity contribution in [2.24, 2.45) is 0 Å². The van der Waals surface area contributed by atoms with Crippen LogP contribution in [0.1, 0.15) is 39.4 Å². The van der Waals surface area contributed by atoms with Crippen LogP contribution in [0.2, 0.25) is 5.02 Å². The highest BCUT2D eigenvalue weighted by Crippen LogP contribution is 2.37. The standard InChI is InChI=1S/C21H18ClF7N2O.ClH/c1-31(18-4-5-30-10-15(18)11-2-3-16(22)17(23)8-11)19(32)12-6-13(20(24,25)26)9-14(7-12)21(27,28)29;/h2-3,6-9,15,18,30H,4-5,10H2,1H3;1H. The maximum atomic E-state index is 14.0. The largest absolute Gasteiger partial charge is 0.416 e. The minimum Gasteiger partial charge on any atom is -0.338 e. The number of amides is 1. The number of rotatable bonds is 3. The van der Waals surface area contributed by atoms with Crippen LogP contribution in [-0.4, -0.2) is 37.0 Å². The molecule has 1 amide bonds. The van der Waals surface area contributed by atoms with Crippen molar-refractivity contribution in [3.05, 3.63) is 69.5 Å². The van der Waals surface area contributed by atoms with E-state index in [0.29, 0.717) is 37.2 Å². The van der Waals surface area contributed by atoms with Gasteiger partial charge in [0.05, 0.1) is 16.1 Å². The molecule has 2 unspecified atom stereocenters. The molecule has 1 fully saturated rings. The second-order valence-electron chi connectivity index (χ2n) is 7.55. The Labute approximate surface area is 196 Å². The molecular formula is C21H19Cl2F7N2O. The van der Waals surface area contributed by atoms with Crippen molar-refractivity contribution >= 4 is 29.9 Å². The van der Waals surface area contributed by atoms with Gasteiger partial charge in [-0.25, -0.2) is 4.39 Å². The van der Waals surface area contributed by atoms with Gasteiger partial charge in [0.1, 0.15) is 5.82 Å². The number of benzene rings is 2. The number of nitrogens with zero attached hydrogens (tertiary/aromatic N) is 1. The fraction of sp³-hybridized carbons (Fsp3) is 0.381. The molecule has 1 heterocycles. The fourth-order valence-electron chi connectivity index (χ4n) is 3.82. The first-order chi connectivity index (χ1) is 14.8. The minimum atomic E-state index is -5.06. The number of likely N-dealkylation sites (N-methyl/N-ethyl adjacent to an activating group) is 1. The van der Waals surface area contributed by atoms with E-state index in [2.05, 4.69) is 5.32 Å². The molecule has 1 N–H and O–H groups in total. The fourth-order valence-corrected chi connectivity index (χ4v) is 3.94. The lowest BCUT2D eigenvalue weighted by atomic mass is 9.85. The monoisotopic (exact) mass is 518 g/mol. The van der Waals surface area contributed by atoms with Crippen LogP contribution in [-0.2, 0) is 12.4 Å². The molecule has 33 heavy (non-hydrogen) atoms. The molecular weight excluding hydrogens is 500 g/mol. The van der Waals surface area contributed by atoms with Gasteiger partial charge in [-0.3, -0.25) is 4.79 Å². The summed E-state index contributed by atoms with van der Waals surface area (Å²) in [5.74, 6) is -2.11. The van der Waals surface area contributed by atoms with Gasteiger partial charge in [-0.2, -0.15) is 26.3 Å².